The van der Waals surface area contributed by atoms with E-state index >= 15 is 0 Å². The lowest BCUT2D eigenvalue weighted by Gasteiger charge is -2.23. The van der Waals surface area contributed by atoms with Crippen LogP contribution in [-0.2, 0) is 4.79 Å². The lowest BCUT2D eigenvalue weighted by Crippen LogP contribution is -2.32. The molecule has 0 N–H and O–H groups in total. The third kappa shape index (κ3) is 3.57. The summed E-state index contributed by atoms with van der Waals surface area (Å²) >= 11 is 3.29. The van der Waals surface area contributed by atoms with Crippen molar-refractivity contribution in [1.82, 2.24) is 0 Å². The van der Waals surface area contributed by atoms with Gasteiger partial charge in [-0.25, -0.2) is 0 Å². The van der Waals surface area contributed by atoms with E-state index in [9.17, 15) is 4.79 Å². The molecule has 1 aromatic carbocycles. The zero-order valence-electron chi connectivity index (χ0n) is 12.7. The van der Waals surface area contributed by atoms with Gasteiger partial charge in [0.15, 0.2) is 11.5 Å². The fourth-order valence-corrected chi connectivity index (χ4v) is 3.66. The maximum Gasteiger partial charge on any atom is 0.237 e. The number of rotatable bonds is 6. The molecule has 1 aliphatic heterocycles. The van der Waals surface area contributed by atoms with E-state index in [2.05, 4.69) is 15.9 Å². The predicted molar refractivity (Wildman–Crippen MR) is 89.9 cm³/mol. The average Bonchev–Trinajstić information content (AvgIpc) is 3.21. The summed E-state index contributed by atoms with van der Waals surface area (Å²) < 4.78 is 10.8. The van der Waals surface area contributed by atoms with E-state index in [1.807, 2.05) is 23.1 Å². The van der Waals surface area contributed by atoms with Crippen molar-refractivity contribution in [3.8, 4) is 11.5 Å². The Labute approximate surface area is 139 Å². The van der Waals surface area contributed by atoms with Gasteiger partial charge in [-0.15, -0.1) is 0 Å². The minimum Gasteiger partial charge on any atom is -0.454 e. The Hall–Kier alpha value is -1.23. The van der Waals surface area contributed by atoms with Crippen molar-refractivity contribution >= 4 is 27.5 Å². The Morgan fingerprint density at radius 2 is 2.00 bits per heavy atom. The van der Waals surface area contributed by atoms with Crippen LogP contribution in [0.25, 0.3) is 0 Å². The van der Waals surface area contributed by atoms with Gasteiger partial charge < -0.3 is 14.4 Å². The highest BCUT2D eigenvalue weighted by molar-refractivity contribution is 9.09. The lowest BCUT2D eigenvalue weighted by molar-refractivity contribution is -0.116. The topological polar surface area (TPSA) is 38.8 Å². The molecule has 0 saturated heterocycles. The van der Waals surface area contributed by atoms with Gasteiger partial charge in [0.05, 0.1) is 5.33 Å². The first-order valence-corrected chi connectivity index (χ1v) is 9.16. The van der Waals surface area contributed by atoms with Crippen LogP contribution >= 0.6 is 15.9 Å². The molecule has 0 unspecified atom stereocenters. The Kier molecular flexibility index (Phi) is 5.24. The number of halogens is 1. The van der Waals surface area contributed by atoms with Gasteiger partial charge in [0.25, 0.3) is 0 Å². The number of benzene rings is 1. The molecule has 0 aromatic heterocycles. The highest BCUT2D eigenvalue weighted by atomic mass is 79.9. The maximum absolute atomic E-state index is 12.2. The van der Waals surface area contributed by atoms with Gasteiger partial charge in [-0.1, -0.05) is 41.6 Å². The van der Waals surface area contributed by atoms with E-state index in [4.69, 9.17) is 9.47 Å². The number of nitrogens with zero attached hydrogens (tertiary/aromatic N) is 1. The molecule has 0 radical (unpaired) electrons. The number of carbonyl (C=O) groups excluding carboxylic acids is 1. The van der Waals surface area contributed by atoms with Crippen LogP contribution in [-0.4, -0.2) is 24.6 Å². The first-order chi connectivity index (χ1) is 10.8. The largest absolute Gasteiger partial charge is 0.454 e. The molecule has 3 rings (SSSR count). The third-order valence-corrected chi connectivity index (χ3v) is 5.03. The molecule has 120 valence electrons. The summed E-state index contributed by atoms with van der Waals surface area (Å²) in [6.07, 6.45) is 7.73. The van der Waals surface area contributed by atoms with Crippen molar-refractivity contribution in [2.75, 3.05) is 23.6 Å². The lowest BCUT2D eigenvalue weighted by atomic mass is 10.0. The monoisotopic (exact) mass is 367 g/mol. The van der Waals surface area contributed by atoms with Crippen LogP contribution in [0.5, 0.6) is 11.5 Å². The van der Waals surface area contributed by atoms with Crippen LogP contribution in [0.3, 0.4) is 0 Å². The molecule has 1 amide bonds. The highest BCUT2D eigenvalue weighted by Gasteiger charge is 2.20. The van der Waals surface area contributed by atoms with E-state index in [0.717, 1.165) is 36.1 Å². The summed E-state index contributed by atoms with van der Waals surface area (Å²) in [5, 5.41) is 0.338. The van der Waals surface area contributed by atoms with Crippen molar-refractivity contribution in [1.29, 1.82) is 0 Å². The standard InChI is InChI=1S/C17H22BrNO3/c18-11-17(20)19(9-3-6-13-4-1-2-5-13)14-7-8-15-16(10-14)22-12-21-15/h7-8,10,13H,1-6,9,11-12H2. The number of carbonyl (C=O) groups is 1. The van der Waals surface area contributed by atoms with E-state index in [1.165, 1.54) is 32.1 Å². The molecule has 4 nitrogen and oxygen atoms in total. The molecule has 1 aliphatic carbocycles. The predicted octanol–water partition coefficient (Wildman–Crippen LogP) is 4.11. The quantitative estimate of drug-likeness (QED) is 0.710. The van der Waals surface area contributed by atoms with Gasteiger partial charge in [0.1, 0.15) is 0 Å². The number of fused-ring (bicyclic) bond motifs is 1. The molecule has 5 heteroatoms. The summed E-state index contributed by atoms with van der Waals surface area (Å²) in [4.78, 5) is 14.1. The van der Waals surface area contributed by atoms with Gasteiger partial charge in [0.2, 0.25) is 12.7 Å². The smallest absolute Gasteiger partial charge is 0.237 e. The minimum absolute atomic E-state index is 0.0882. The van der Waals surface area contributed by atoms with Crippen molar-refractivity contribution in [3.63, 3.8) is 0 Å². The van der Waals surface area contributed by atoms with Crippen LogP contribution < -0.4 is 14.4 Å². The van der Waals surface area contributed by atoms with Gasteiger partial charge in [-0.3, -0.25) is 4.79 Å². The number of hydrogen-bond donors (Lipinski definition) is 0. The summed E-state index contributed by atoms with van der Waals surface area (Å²) in [6, 6.07) is 5.71. The summed E-state index contributed by atoms with van der Waals surface area (Å²) in [7, 11) is 0. The Bertz CT molecular complexity index is 529. The zero-order valence-corrected chi connectivity index (χ0v) is 14.3. The summed E-state index contributed by atoms with van der Waals surface area (Å²) in [5.41, 5.74) is 0.889. The van der Waals surface area contributed by atoms with Crippen LogP contribution in [0.1, 0.15) is 38.5 Å². The van der Waals surface area contributed by atoms with Gasteiger partial charge >= 0.3 is 0 Å². The minimum atomic E-state index is 0.0882. The van der Waals surface area contributed by atoms with E-state index in [0.29, 0.717) is 5.33 Å². The van der Waals surface area contributed by atoms with Crippen LogP contribution in [0.4, 0.5) is 5.69 Å². The van der Waals surface area contributed by atoms with Crippen molar-refractivity contribution in [2.45, 2.75) is 38.5 Å². The molecule has 0 bridgehead atoms. The third-order valence-electron chi connectivity index (χ3n) is 4.55. The SMILES string of the molecule is O=C(CBr)N(CCCC1CCCC1)c1ccc2c(c1)OCO2. The molecule has 0 spiro atoms. The molecule has 22 heavy (non-hydrogen) atoms. The molecule has 0 atom stereocenters. The maximum atomic E-state index is 12.2. The van der Waals surface area contributed by atoms with Crippen LogP contribution in [0.2, 0.25) is 0 Å². The molecule has 1 saturated carbocycles. The fourth-order valence-electron chi connectivity index (χ4n) is 3.36. The first kappa shape index (κ1) is 15.7. The number of hydrogen-bond acceptors (Lipinski definition) is 3. The average molecular weight is 368 g/mol. The van der Waals surface area contributed by atoms with E-state index in [-0.39, 0.29) is 12.7 Å². The second-order valence-electron chi connectivity index (χ2n) is 6.01. The first-order valence-electron chi connectivity index (χ1n) is 8.04. The van der Waals surface area contributed by atoms with Crippen molar-refractivity contribution < 1.29 is 14.3 Å². The number of anilines is 1. The number of ether oxygens (including phenoxy) is 2. The van der Waals surface area contributed by atoms with Gasteiger partial charge in [-0.2, -0.15) is 0 Å². The molecule has 1 heterocycles. The second-order valence-corrected chi connectivity index (χ2v) is 6.57. The molecular formula is C17H22BrNO3. The highest BCUT2D eigenvalue weighted by Crippen LogP contribution is 2.36. The van der Waals surface area contributed by atoms with Gasteiger partial charge in [-0.05, 0) is 30.9 Å². The van der Waals surface area contributed by atoms with Gasteiger partial charge in [0, 0.05) is 18.3 Å². The molecular weight excluding hydrogens is 346 g/mol. The summed E-state index contributed by atoms with van der Waals surface area (Å²) in [6.45, 7) is 1.02. The Balaban J connectivity index is 1.65. The second kappa shape index (κ2) is 7.36. The summed E-state index contributed by atoms with van der Waals surface area (Å²) in [5.74, 6) is 2.42. The number of alkyl halides is 1. The van der Waals surface area contributed by atoms with Crippen molar-refractivity contribution in [3.05, 3.63) is 18.2 Å². The Morgan fingerprint density at radius 3 is 2.77 bits per heavy atom. The normalized spacial score (nSPS) is 17.0. The fraction of sp³-hybridized carbons (Fsp3) is 0.588. The molecule has 2 aliphatic rings. The van der Waals surface area contributed by atoms with E-state index in [1.54, 1.807) is 0 Å². The van der Waals surface area contributed by atoms with Crippen LogP contribution in [0.15, 0.2) is 18.2 Å². The van der Waals surface area contributed by atoms with Crippen LogP contribution in [0, 0.1) is 5.92 Å². The molecule has 1 aromatic rings. The Morgan fingerprint density at radius 1 is 1.23 bits per heavy atom. The van der Waals surface area contributed by atoms with E-state index < -0.39 is 0 Å². The number of amides is 1. The zero-order chi connectivity index (χ0) is 15.4. The molecule has 1 fully saturated rings. The van der Waals surface area contributed by atoms with Crippen molar-refractivity contribution in [2.24, 2.45) is 5.92 Å².